The lowest BCUT2D eigenvalue weighted by molar-refractivity contribution is -0.143. The summed E-state index contributed by atoms with van der Waals surface area (Å²) in [4.78, 5) is 24.7. The second-order valence-corrected chi connectivity index (χ2v) is 5.19. The van der Waals surface area contributed by atoms with Crippen molar-refractivity contribution < 1.29 is 19.4 Å². The number of hydrogen-bond acceptors (Lipinski definition) is 3. The second-order valence-electron chi connectivity index (χ2n) is 5.19. The Morgan fingerprint density at radius 3 is 2.71 bits per heavy atom. The Morgan fingerprint density at radius 2 is 2.05 bits per heavy atom. The second kappa shape index (κ2) is 6.54. The lowest BCUT2D eigenvalue weighted by Gasteiger charge is -2.25. The summed E-state index contributed by atoms with van der Waals surface area (Å²) in [5.74, 6) is -1.81. The van der Waals surface area contributed by atoms with E-state index in [-0.39, 0.29) is 19.1 Å². The normalized spacial score (nSPS) is 21.6. The van der Waals surface area contributed by atoms with E-state index in [1.165, 1.54) is 11.0 Å². The van der Waals surface area contributed by atoms with E-state index in [0.717, 1.165) is 11.1 Å². The molecule has 5 nitrogen and oxygen atoms in total. The van der Waals surface area contributed by atoms with Gasteiger partial charge in [0.1, 0.15) is 5.92 Å². The van der Waals surface area contributed by atoms with Gasteiger partial charge in [0.2, 0.25) is 5.91 Å². The van der Waals surface area contributed by atoms with Gasteiger partial charge in [-0.1, -0.05) is 24.3 Å². The van der Waals surface area contributed by atoms with E-state index in [4.69, 9.17) is 9.84 Å². The van der Waals surface area contributed by atoms with Crippen molar-refractivity contribution >= 4 is 18.0 Å². The molecule has 0 aromatic heterocycles. The van der Waals surface area contributed by atoms with Gasteiger partial charge >= 0.3 is 5.97 Å². The van der Waals surface area contributed by atoms with Crippen molar-refractivity contribution in [3.63, 3.8) is 0 Å². The zero-order valence-corrected chi connectivity index (χ0v) is 12.2. The number of nitrogens with zero attached hydrogens (tertiary/aromatic N) is 1. The summed E-state index contributed by atoms with van der Waals surface area (Å²) >= 11 is 0. The number of carbonyl (C=O) groups excluding carboxylic acids is 1. The Morgan fingerprint density at radius 1 is 1.33 bits per heavy atom. The summed E-state index contributed by atoms with van der Waals surface area (Å²) in [7, 11) is 1.61. The molecule has 1 fully saturated rings. The van der Waals surface area contributed by atoms with Crippen molar-refractivity contribution in [1.29, 1.82) is 0 Å². The molecule has 1 aromatic carbocycles. The summed E-state index contributed by atoms with van der Waals surface area (Å²) in [6.07, 6.45) is 3.22. The zero-order valence-electron chi connectivity index (χ0n) is 12.2. The number of rotatable bonds is 4. The Balaban J connectivity index is 2.06. The minimum Gasteiger partial charge on any atom is -0.481 e. The third-order valence-corrected chi connectivity index (χ3v) is 3.81. The van der Waals surface area contributed by atoms with Crippen molar-refractivity contribution in [3.05, 3.63) is 41.5 Å². The molecule has 0 spiro atoms. The molecule has 1 aliphatic heterocycles. The minimum absolute atomic E-state index is 0.152. The van der Waals surface area contributed by atoms with Crippen molar-refractivity contribution in [2.45, 2.75) is 13.0 Å². The molecule has 0 saturated carbocycles. The van der Waals surface area contributed by atoms with Gasteiger partial charge in [0.25, 0.3) is 0 Å². The molecular weight excluding hydrogens is 270 g/mol. The van der Waals surface area contributed by atoms with Crippen LogP contribution in [0.15, 0.2) is 30.3 Å². The third kappa shape index (κ3) is 3.49. The summed E-state index contributed by atoms with van der Waals surface area (Å²) in [5, 5.41) is 9.12. The van der Waals surface area contributed by atoms with Crippen LogP contribution in [0.5, 0.6) is 0 Å². The first-order valence-corrected chi connectivity index (χ1v) is 6.81. The molecule has 112 valence electrons. The molecule has 2 unspecified atom stereocenters. The van der Waals surface area contributed by atoms with Crippen molar-refractivity contribution in [3.8, 4) is 0 Å². The van der Waals surface area contributed by atoms with Crippen LogP contribution < -0.4 is 0 Å². The Labute approximate surface area is 123 Å². The maximum atomic E-state index is 12.2. The molecule has 2 rings (SSSR count). The Bertz CT molecular complexity index is 567. The molecule has 5 heteroatoms. The number of carboxylic acid groups (broad SMARTS) is 1. The number of ether oxygens (including phenoxy) is 1. The predicted octanol–water partition coefficient (Wildman–Crippen LogP) is 1.57. The highest BCUT2D eigenvalue weighted by molar-refractivity contribution is 5.92. The highest BCUT2D eigenvalue weighted by atomic mass is 16.5. The maximum Gasteiger partial charge on any atom is 0.311 e. The zero-order chi connectivity index (χ0) is 15.4. The molecular formula is C16H19NO4. The van der Waals surface area contributed by atoms with Crippen molar-refractivity contribution in [2.75, 3.05) is 20.3 Å². The summed E-state index contributed by atoms with van der Waals surface area (Å²) in [6.45, 7) is 2.38. The predicted molar refractivity (Wildman–Crippen MR) is 78.7 cm³/mol. The largest absolute Gasteiger partial charge is 0.481 e. The number of amides is 1. The standard InChI is InChI=1S/C16H19NO4/c1-11-5-3-4-6-12(11)7-8-15(18)17(2)14-10-21-9-13(14)16(19)20/h3-8,13-14H,9-10H2,1-2H3,(H,19,20). The molecule has 0 radical (unpaired) electrons. The number of aryl methyl sites for hydroxylation is 1. The van der Waals surface area contributed by atoms with Gasteiger partial charge in [0, 0.05) is 13.1 Å². The molecule has 1 aromatic rings. The number of carboxylic acids is 1. The average Bonchev–Trinajstić information content (AvgIpc) is 2.95. The minimum atomic E-state index is -0.931. The fourth-order valence-electron chi connectivity index (χ4n) is 2.38. The first-order valence-electron chi connectivity index (χ1n) is 6.81. The fourth-order valence-corrected chi connectivity index (χ4v) is 2.38. The Hall–Kier alpha value is -2.14. The SMILES string of the molecule is Cc1ccccc1C=CC(=O)N(C)C1COCC1C(=O)O. The van der Waals surface area contributed by atoms with Crippen LogP contribution in [0.4, 0.5) is 0 Å². The number of likely N-dealkylation sites (N-methyl/N-ethyl adjacent to an activating group) is 1. The number of hydrogen-bond donors (Lipinski definition) is 1. The van der Waals surface area contributed by atoms with Gasteiger partial charge in [-0.15, -0.1) is 0 Å². The van der Waals surface area contributed by atoms with Gasteiger partial charge in [-0.3, -0.25) is 9.59 Å². The lowest BCUT2D eigenvalue weighted by atomic mass is 10.0. The quantitative estimate of drug-likeness (QED) is 0.854. The number of benzene rings is 1. The summed E-state index contributed by atoms with van der Waals surface area (Å²) < 4.78 is 5.19. The summed E-state index contributed by atoms with van der Waals surface area (Å²) in [6, 6.07) is 7.33. The molecule has 1 aliphatic rings. The average molecular weight is 289 g/mol. The van der Waals surface area contributed by atoms with Crippen LogP contribution in [-0.4, -0.2) is 48.2 Å². The number of aliphatic carboxylic acids is 1. The highest BCUT2D eigenvalue weighted by Crippen LogP contribution is 2.19. The molecule has 0 aliphatic carbocycles. The first kappa shape index (κ1) is 15.3. The van der Waals surface area contributed by atoms with Crippen LogP contribution >= 0.6 is 0 Å². The van der Waals surface area contributed by atoms with Gasteiger partial charge in [0.05, 0.1) is 19.3 Å². The molecule has 1 heterocycles. The lowest BCUT2D eigenvalue weighted by Crippen LogP contribution is -2.43. The van der Waals surface area contributed by atoms with Gasteiger partial charge in [-0.2, -0.15) is 0 Å². The van der Waals surface area contributed by atoms with Crippen LogP contribution in [0.2, 0.25) is 0 Å². The smallest absolute Gasteiger partial charge is 0.311 e. The van der Waals surface area contributed by atoms with Crippen LogP contribution in [0.3, 0.4) is 0 Å². The molecule has 21 heavy (non-hydrogen) atoms. The molecule has 1 saturated heterocycles. The van der Waals surface area contributed by atoms with Crippen LogP contribution in [0.25, 0.3) is 6.08 Å². The van der Waals surface area contributed by atoms with Crippen molar-refractivity contribution in [1.82, 2.24) is 4.90 Å². The molecule has 2 atom stereocenters. The van der Waals surface area contributed by atoms with E-state index >= 15 is 0 Å². The van der Waals surface area contributed by atoms with E-state index in [1.807, 2.05) is 31.2 Å². The van der Waals surface area contributed by atoms with E-state index in [0.29, 0.717) is 0 Å². The van der Waals surface area contributed by atoms with Gasteiger partial charge < -0.3 is 14.7 Å². The highest BCUT2D eigenvalue weighted by Gasteiger charge is 2.37. The van der Waals surface area contributed by atoms with E-state index < -0.39 is 17.9 Å². The van der Waals surface area contributed by atoms with Crippen LogP contribution in [-0.2, 0) is 14.3 Å². The monoisotopic (exact) mass is 289 g/mol. The van der Waals surface area contributed by atoms with Gasteiger partial charge in [-0.05, 0) is 24.1 Å². The Kier molecular flexibility index (Phi) is 4.75. The molecule has 1 N–H and O–H groups in total. The fraction of sp³-hybridized carbons (Fsp3) is 0.375. The third-order valence-electron chi connectivity index (χ3n) is 3.81. The summed E-state index contributed by atoms with van der Waals surface area (Å²) in [5.41, 5.74) is 2.05. The number of carbonyl (C=O) groups is 2. The van der Waals surface area contributed by atoms with E-state index in [9.17, 15) is 9.59 Å². The van der Waals surface area contributed by atoms with Gasteiger partial charge in [0.15, 0.2) is 0 Å². The van der Waals surface area contributed by atoms with Crippen LogP contribution in [0, 0.1) is 12.8 Å². The van der Waals surface area contributed by atoms with Crippen LogP contribution in [0.1, 0.15) is 11.1 Å². The molecule has 1 amide bonds. The van der Waals surface area contributed by atoms with Crippen molar-refractivity contribution in [2.24, 2.45) is 5.92 Å². The molecule has 0 bridgehead atoms. The van der Waals surface area contributed by atoms with E-state index in [1.54, 1.807) is 13.1 Å². The topological polar surface area (TPSA) is 66.8 Å². The maximum absolute atomic E-state index is 12.2. The first-order chi connectivity index (χ1) is 10.0. The van der Waals surface area contributed by atoms with E-state index in [2.05, 4.69) is 0 Å². The van der Waals surface area contributed by atoms with Gasteiger partial charge in [-0.25, -0.2) is 0 Å².